The molecular weight excluding hydrogens is 140 g/mol. The molecular formula is C8H14N2O. The van der Waals surface area contributed by atoms with Crippen molar-refractivity contribution < 1.29 is 4.79 Å². The molecule has 0 unspecified atom stereocenters. The maximum absolute atomic E-state index is 10.2. The Hall–Kier alpha value is -1.12. The average molecular weight is 154 g/mol. The van der Waals surface area contributed by atoms with Crippen LogP contribution in [-0.2, 0) is 7.05 Å². The van der Waals surface area contributed by atoms with Crippen molar-refractivity contribution in [3.63, 3.8) is 0 Å². The van der Waals surface area contributed by atoms with Crippen molar-refractivity contribution in [3.8, 4) is 0 Å². The zero-order valence-corrected chi connectivity index (χ0v) is 7.46. The summed E-state index contributed by atoms with van der Waals surface area (Å²) in [5.74, 6) is 0. The molecule has 0 bridgehead atoms. The van der Waals surface area contributed by atoms with Gasteiger partial charge in [-0.15, -0.1) is 0 Å². The van der Waals surface area contributed by atoms with E-state index in [2.05, 4.69) is 4.98 Å². The summed E-state index contributed by atoms with van der Waals surface area (Å²) in [4.78, 5) is 14.0. The molecule has 62 valence electrons. The minimum Gasteiger partial charge on any atom is -0.337 e. The molecule has 0 fully saturated rings. The summed E-state index contributed by atoms with van der Waals surface area (Å²) in [6, 6.07) is 0. The minimum absolute atomic E-state index is 0.525. The van der Waals surface area contributed by atoms with Crippen LogP contribution in [0.3, 0.4) is 0 Å². The molecule has 1 aromatic heterocycles. The van der Waals surface area contributed by atoms with E-state index in [1.165, 1.54) is 0 Å². The second kappa shape index (κ2) is 4.66. The van der Waals surface area contributed by atoms with E-state index in [-0.39, 0.29) is 0 Å². The standard InChI is InChI=1S/C6H8N2O.C2H6/c1-5-6(3-9)7-4-8(5)2;1-2/h3-4H,1-2H3;1-2H3. The van der Waals surface area contributed by atoms with Crippen molar-refractivity contribution in [3.05, 3.63) is 17.7 Å². The lowest BCUT2D eigenvalue weighted by Gasteiger charge is -1.90. The van der Waals surface area contributed by atoms with Gasteiger partial charge < -0.3 is 4.57 Å². The highest BCUT2D eigenvalue weighted by atomic mass is 16.1. The number of aromatic nitrogens is 2. The monoisotopic (exact) mass is 154 g/mol. The first-order chi connectivity index (χ1) is 5.25. The van der Waals surface area contributed by atoms with Crippen molar-refractivity contribution in [2.45, 2.75) is 20.8 Å². The van der Waals surface area contributed by atoms with E-state index in [0.717, 1.165) is 12.0 Å². The van der Waals surface area contributed by atoms with Gasteiger partial charge in [-0.25, -0.2) is 4.98 Å². The number of aldehydes is 1. The molecule has 0 radical (unpaired) electrons. The van der Waals surface area contributed by atoms with Gasteiger partial charge in [-0.2, -0.15) is 0 Å². The molecule has 3 nitrogen and oxygen atoms in total. The van der Waals surface area contributed by atoms with E-state index < -0.39 is 0 Å². The van der Waals surface area contributed by atoms with Crippen LogP contribution in [-0.4, -0.2) is 15.8 Å². The quantitative estimate of drug-likeness (QED) is 0.575. The van der Waals surface area contributed by atoms with Crippen LogP contribution in [0.4, 0.5) is 0 Å². The normalized spacial score (nSPS) is 8.36. The number of carbonyl (C=O) groups excluding carboxylic acids is 1. The van der Waals surface area contributed by atoms with Crippen molar-refractivity contribution >= 4 is 6.29 Å². The van der Waals surface area contributed by atoms with Crippen LogP contribution in [0.2, 0.25) is 0 Å². The van der Waals surface area contributed by atoms with Gasteiger partial charge in [0.15, 0.2) is 6.29 Å². The first kappa shape index (κ1) is 9.88. The molecule has 0 saturated carbocycles. The maximum Gasteiger partial charge on any atom is 0.170 e. The number of aryl methyl sites for hydroxylation is 1. The third-order valence-corrected chi connectivity index (χ3v) is 1.38. The summed E-state index contributed by atoms with van der Waals surface area (Å²) in [7, 11) is 1.86. The van der Waals surface area contributed by atoms with Gasteiger partial charge in [-0.1, -0.05) is 13.8 Å². The van der Waals surface area contributed by atoms with Gasteiger partial charge in [0.25, 0.3) is 0 Å². The van der Waals surface area contributed by atoms with Crippen molar-refractivity contribution in [2.75, 3.05) is 0 Å². The SMILES string of the molecule is CC.Cc1c(C=O)ncn1C. The highest BCUT2D eigenvalue weighted by molar-refractivity contribution is 5.73. The number of hydrogen-bond acceptors (Lipinski definition) is 2. The fraction of sp³-hybridized carbons (Fsp3) is 0.500. The van der Waals surface area contributed by atoms with Gasteiger partial charge in [0.1, 0.15) is 5.69 Å². The first-order valence-electron chi connectivity index (χ1n) is 3.69. The molecule has 0 N–H and O–H groups in total. The summed E-state index contributed by atoms with van der Waals surface area (Å²) >= 11 is 0. The molecule has 3 heteroatoms. The Labute approximate surface area is 67.1 Å². The van der Waals surface area contributed by atoms with Gasteiger partial charge in [0, 0.05) is 12.7 Å². The predicted molar refractivity (Wildman–Crippen MR) is 44.7 cm³/mol. The van der Waals surface area contributed by atoms with Crippen molar-refractivity contribution in [2.24, 2.45) is 7.05 Å². The van der Waals surface area contributed by atoms with Crippen LogP contribution in [0, 0.1) is 6.92 Å². The van der Waals surface area contributed by atoms with Crippen LogP contribution < -0.4 is 0 Å². The van der Waals surface area contributed by atoms with Crippen molar-refractivity contribution in [1.82, 2.24) is 9.55 Å². The van der Waals surface area contributed by atoms with Crippen molar-refractivity contribution in [1.29, 1.82) is 0 Å². The highest BCUT2D eigenvalue weighted by Crippen LogP contribution is 1.98. The average Bonchev–Trinajstić information content (AvgIpc) is 2.37. The zero-order chi connectivity index (χ0) is 8.85. The van der Waals surface area contributed by atoms with Crippen LogP contribution >= 0.6 is 0 Å². The largest absolute Gasteiger partial charge is 0.337 e. The topological polar surface area (TPSA) is 34.9 Å². The van der Waals surface area contributed by atoms with E-state index in [4.69, 9.17) is 0 Å². The molecule has 0 aliphatic rings. The number of carbonyl (C=O) groups is 1. The fourth-order valence-corrected chi connectivity index (χ4v) is 0.625. The van der Waals surface area contributed by atoms with Crippen LogP contribution in [0.15, 0.2) is 6.33 Å². The molecule has 11 heavy (non-hydrogen) atoms. The Morgan fingerprint density at radius 3 is 2.27 bits per heavy atom. The van der Waals surface area contributed by atoms with Gasteiger partial charge in [0.2, 0.25) is 0 Å². The molecule has 1 heterocycles. The van der Waals surface area contributed by atoms with Crippen LogP contribution in [0.25, 0.3) is 0 Å². The molecule has 1 aromatic rings. The fourth-order valence-electron chi connectivity index (χ4n) is 0.625. The number of nitrogens with zero attached hydrogens (tertiary/aromatic N) is 2. The van der Waals surface area contributed by atoms with E-state index in [1.54, 1.807) is 6.33 Å². The summed E-state index contributed by atoms with van der Waals surface area (Å²) < 4.78 is 1.81. The minimum atomic E-state index is 0.525. The molecule has 0 aliphatic carbocycles. The molecule has 0 amide bonds. The summed E-state index contributed by atoms with van der Waals surface area (Å²) in [6.45, 7) is 5.86. The zero-order valence-electron chi connectivity index (χ0n) is 7.46. The summed E-state index contributed by atoms with van der Waals surface area (Å²) in [5, 5.41) is 0. The Bertz CT molecular complexity index is 228. The number of imidazole rings is 1. The second-order valence-corrected chi connectivity index (χ2v) is 1.94. The molecule has 0 aliphatic heterocycles. The van der Waals surface area contributed by atoms with E-state index in [9.17, 15) is 4.79 Å². The van der Waals surface area contributed by atoms with E-state index in [0.29, 0.717) is 5.69 Å². The second-order valence-electron chi connectivity index (χ2n) is 1.94. The van der Waals surface area contributed by atoms with E-state index in [1.807, 2.05) is 32.4 Å². The Morgan fingerprint density at radius 1 is 1.55 bits per heavy atom. The Balaban J connectivity index is 0.000000461. The summed E-state index contributed by atoms with van der Waals surface area (Å²) in [5.41, 5.74) is 1.43. The third kappa shape index (κ3) is 2.18. The smallest absolute Gasteiger partial charge is 0.170 e. The lowest BCUT2D eigenvalue weighted by Crippen LogP contribution is -1.89. The molecule has 0 aromatic carbocycles. The Morgan fingerprint density at radius 2 is 2.09 bits per heavy atom. The third-order valence-electron chi connectivity index (χ3n) is 1.38. The molecule has 0 saturated heterocycles. The predicted octanol–water partition coefficient (Wildman–Crippen LogP) is 1.57. The number of hydrogen-bond donors (Lipinski definition) is 0. The van der Waals surface area contributed by atoms with Gasteiger partial charge in [-0.3, -0.25) is 4.79 Å². The highest BCUT2D eigenvalue weighted by Gasteiger charge is 1.99. The molecule has 1 rings (SSSR count). The lowest BCUT2D eigenvalue weighted by atomic mass is 10.4. The van der Waals surface area contributed by atoms with Gasteiger partial charge in [0.05, 0.1) is 6.33 Å². The first-order valence-corrected chi connectivity index (χ1v) is 3.69. The Kier molecular flexibility index (Phi) is 4.18. The lowest BCUT2D eigenvalue weighted by molar-refractivity contribution is 0.111. The van der Waals surface area contributed by atoms with E-state index >= 15 is 0 Å². The van der Waals surface area contributed by atoms with Crippen LogP contribution in [0.5, 0.6) is 0 Å². The molecule has 0 spiro atoms. The summed E-state index contributed by atoms with van der Waals surface area (Å²) in [6.07, 6.45) is 2.38. The number of rotatable bonds is 1. The van der Waals surface area contributed by atoms with Gasteiger partial charge >= 0.3 is 0 Å². The van der Waals surface area contributed by atoms with Gasteiger partial charge in [-0.05, 0) is 6.92 Å². The van der Waals surface area contributed by atoms with Crippen LogP contribution in [0.1, 0.15) is 30.0 Å². The molecule has 0 atom stereocenters. The maximum atomic E-state index is 10.2.